The van der Waals surface area contributed by atoms with Gasteiger partial charge in [0.25, 0.3) is 0 Å². The van der Waals surface area contributed by atoms with Gasteiger partial charge in [0, 0.05) is 12.6 Å². The van der Waals surface area contributed by atoms with Crippen LogP contribution in [0.15, 0.2) is 6.07 Å². The minimum absolute atomic E-state index is 0.0801. The topological polar surface area (TPSA) is 103 Å². The molecule has 6 N–H and O–H groups in total. The number of aromatic nitrogens is 3. The lowest BCUT2D eigenvalue weighted by Crippen LogP contribution is -2.06. The molecule has 2 aromatic heterocycles. The molecule has 2 heterocycles. The highest BCUT2D eigenvalue weighted by Crippen LogP contribution is 2.15. The molecule has 0 saturated heterocycles. The summed E-state index contributed by atoms with van der Waals surface area (Å²) in [5.41, 5.74) is 7.09. The van der Waals surface area contributed by atoms with Crippen LogP contribution in [0.25, 0.3) is 11.2 Å². The van der Waals surface area contributed by atoms with Crippen LogP contribution in [-0.2, 0) is 0 Å². The van der Waals surface area contributed by atoms with Crippen LogP contribution in [0.1, 0.15) is 0 Å². The largest absolute Gasteiger partial charge is 0.395 e. The third-order valence-electron chi connectivity index (χ3n) is 1.70. The number of aromatic amines is 2. The van der Waals surface area contributed by atoms with Crippen LogP contribution >= 0.6 is 0 Å². The minimum Gasteiger partial charge on any atom is -0.395 e. The number of nitrogen functional groups attached to an aromatic ring is 1. The monoisotopic (exact) mass is 181 g/mol. The molecule has 0 saturated carbocycles. The van der Waals surface area contributed by atoms with E-state index in [9.17, 15) is 0 Å². The summed E-state index contributed by atoms with van der Waals surface area (Å²) >= 11 is 0. The lowest BCUT2D eigenvalue weighted by atomic mass is 10.5. The zero-order valence-corrected chi connectivity index (χ0v) is 6.96. The maximum absolute atomic E-state index is 8.57. The molecule has 0 radical (unpaired) electrons. The molecule has 0 aromatic carbocycles. The van der Waals surface area contributed by atoms with Gasteiger partial charge in [0.05, 0.1) is 12.1 Å². The Morgan fingerprint density at radius 1 is 1.54 bits per heavy atom. The Morgan fingerprint density at radius 3 is 3.08 bits per heavy atom. The maximum atomic E-state index is 8.57. The summed E-state index contributed by atoms with van der Waals surface area (Å²) in [4.78, 5) is 10.1. The van der Waals surface area contributed by atoms with Crippen LogP contribution in [0.5, 0.6) is 0 Å². The number of H-pyrrole nitrogens is 2. The molecule has 2 aromatic rings. The number of hydrogen-bond donors (Lipinski definition) is 5. The van der Waals surface area contributed by atoms with Crippen molar-refractivity contribution in [3.63, 3.8) is 0 Å². The van der Waals surface area contributed by atoms with Gasteiger partial charge in [-0.1, -0.05) is 0 Å². The van der Waals surface area contributed by atoms with E-state index in [4.69, 9.17) is 10.8 Å². The third kappa shape index (κ3) is 1.43. The first-order valence-electron chi connectivity index (χ1n) is 3.98. The third-order valence-corrected chi connectivity index (χ3v) is 1.70. The molecule has 0 unspecified atom stereocenters. The fourth-order valence-corrected chi connectivity index (χ4v) is 1.17. The number of aliphatic hydroxyl groups excluding tert-OH is 1. The van der Waals surface area contributed by atoms with Crippen LogP contribution in [0.3, 0.4) is 0 Å². The predicted octanol–water partition coefficient (Wildman–Crippen LogP) is -0.123. The number of anilines is 2. The number of nitrogens with one attached hydrogen (secondary N) is 3. The molecule has 0 bridgehead atoms. The van der Waals surface area contributed by atoms with Gasteiger partial charge in [-0.25, -0.2) is 0 Å². The van der Waals surface area contributed by atoms with Crippen molar-refractivity contribution in [2.24, 2.45) is 0 Å². The number of aliphatic hydroxyl groups is 1. The highest BCUT2D eigenvalue weighted by molar-refractivity contribution is 5.78. The van der Waals surface area contributed by atoms with Crippen molar-refractivity contribution in [2.75, 3.05) is 24.2 Å². The fourth-order valence-electron chi connectivity index (χ4n) is 1.17. The second-order valence-electron chi connectivity index (χ2n) is 2.72. The summed E-state index contributed by atoms with van der Waals surface area (Å²) in [6, 6.07) is 1.77. The molecule has 70 valence electrons. The normalized spacial score (nSPS) is 10.8. The lowest BCUT2D eigenvalue weighted by Gasteiger charge is -1.96. The predicted molar refractivity (Wildman–Crippen MR) is 50.4 cm³/mol. The van der Waals surface area contributed by atoms with Gasteiger partial charge in [0.2, 0.25) is 5.95 Å². The van der Waals surface area contributed by atoms with E-state index in [0.717, 1.165) is 11.2 Å². The Balaban J connectivity index is 2.24. The summed E-state index contributed by atoms with van der Waals surface area (Å²) in [6.07, 6.45) is 0. The summed E-state index contributed by atoms with van der Waals surface area (Å²) in [7, 11) is 0. The maximum Gasteiger partial charge on any atom is 0.202 e. The van der Waals surface area contributed by atoms with E-state index in [2.05, 4.69) is 20.3 Å². The van der Waals surface area contributed by atoms with Gasteiger partial charge < -0.3 is 26.1 Å². The van der Waals surface area contributed by atoms with Gasteiger partial charge in [-0.3, -0.25) is 0 Å². The van der Waals surface area contributed by atoms with Gasteiger partial charge >= 0.3 is 0 Å². The molecule has 6 heteroatoms. The first kappa shape index (κ1) is 7.93. The highest BCUT2D eigenvalue weighted by atomic mass is 16.3. The smallest absolute Gasteiger partial charge is 0.202 e. The van der Waals surface area contributed by atoms with Gasteiger partial charge in [0.15, 0.2) is 5.65 Å². The molecular formula is C7H11N5O. The number of hydrogen-bond acceptors (Lipinski definition) is 4. The van der Waals surface area contributed by atoms with Crippen LogP contribution in [0, 0.1) is 0 Å². The number of nitrogens with two attached hydrogens (primary N) is 1. The Kier molecular flexibility index (Phi) is 1.82. The summed E-state index contributed by atoms with van der Waals surface area (Å²) in [6.45, 7) is 0.558. The average molecular weight is 181 g/mol. The van der Waals surface area contributed by atoms with E-state index < -0.39 is 0 Å². The SMILES string of the molecule is Nc1cc2[nH]c(NCCO)nc2[nH]1. The molecular weight excluding hydrogens is 170 g/mol. The fraction of sp³-hybridized carbons (Fsp3) is 0.286. The van der Waals surface area contributed by atoms with Crippen molar-refractivity contribution >= 4 is 22.9 Å². The van der Waals surface area contributed by atoms with Crippen LogP contribution in [0.2, 0.25) is 0 Å². The summed E-state index contributed by atoms with van der Waals surface area (Å²) in [5.74, 6) is 1.22. The highest BCUT2D eigenvalue weighted by Gasteiger charge is 2.03. The Hall–Kier alpha value is -1.69. The molecule has 13 heavy (non-hydrogen) atoms. The molecule has 0 atom stereocenters. The zero-order chi connectivity index (χ0) is 9.26. The van der Waals surface area contributed by atoms with Crippen LogP contribution in [0.4, 0.5) is 11.8 Å². The minimum atomic E-state index is 0.0801. The first-order valence-corrected chi connectivity index (χ1v) is 3.98. The van der Waals surface area contributed by atoms with Gasteiger partial charge in [-0.05, 0) is 0 Å². The molecule has 0 spiro atoms. The van der Waals surface area contributed by atoms with Crippen molar-refractivity contribution in [1.29, 1.82) is 0 Å². The van der Waals surface area contributed by atoms with Gasteiger partial charge in [-0.2, -0.15) is 4.98 Å². The van der Waals surface area contributed by atoms with Crippen molar-refractivity contribution in [1.82, 2.24) is 15.0 Å². The average Bonchev–Trinajstić information content (AvgIpc) is 2.57. The summed E-state index contributed by atoms with van der Waals surface area (Å²) in [5, 5.41) is 11.5. The molecule has 2 rings (SSSR count). The Bertz CT molecular complexity index is 372. The van der Waals surface area contributed by atoms with Crippen LogP contribution < -0.4 is 11.1 Å². The number of nitrogens with zero attached hydrogens (tertiary/aromatic N) is 1. The van der Waals surface area contributed by atoms with Crippen molar-refractivity contribution < 1.29 is 5.11 Å². The second-order valence-corrected chi connectivity index (χ2v) is 2.72. The molecule has 6 nitrogen and oxygen atoms in total. The molecule has 0 aliphatic heterocycles. The van der Waals surface area contributed by atoms with Gasteiger partial charge in [-0.15, -0.1) is 0 Å². The number of fused-ring (bicyclic) bond motifs is 1. The zero-order valence-electron chi connectivity index (χ0n) is 6.96. The quantitative estimate of drug-likeness (QED) is 0.455. The second kappa shape index (κ2) is 2.98. The standard InChI is InChI=1S/C7H11N5O/c8-5-3-4-6(11-5)12-7(10-4)9-1-2-13/h3,11,13H,1-2,8H2,(H2,9,10,12). The van der Waals surface area contributed by atoms with E-state index in [-0.39, 0.29) is 6.61 Å². The number of rotatable bonds is 3. The first-order chi connectivity index (χ1) is 6.29. The van der Waals surface area contributed by atoms with Crippen molar-refractivity contribution in [3.05, 3.63) is 6.07 Å². The van der Waals surface area contributed by atoms with E-state index in [0.29, 0.717) is 18.3 Å². The van der Waals surface area contributed by atoms with E-state index in [1.54, 1.807) is 6.07 Å². The Morgan fingerprint density at radius 2 is 2.38 bits per heavy atom. The van der Waals surface area contributed by atoms with E-state index in [1.165, 1.54) is 0 Å². The van der Waals surface area contributed by atoms with E-state index >= 15 is 0 Å². The van der Waals surface area contributed by atoms with Crippen molar-refractivity contribution in [3.8, 4) is 0 Å². The molecule has 0 amide bonds. The van der Waals surface area contributed by atoms with E-state index in [1.807, 2.05) is 0 Å². The molecule has 0 aliphatic carbocycles. The molecule has 0 fully saturated rings. The van der Waals surface area contributed by atoms with Gasteiger partial charge in [0.1, 0.15) is 5.82 Å². The Labute approximate surface area is 74.2 Å². The van der Waals surface area contributed by atoms with Crippen LogP contribution in [-0.4, -0.2) is 33.2 Å². The lowest BCUT2D eigenvalue weighted by molar-refractivity contribution is 0.311. The summed E-state index contributed by atoms with van der Waals surface area (Å²) < 4.78 is 0. The van der Waals surface area contributed by atoms with Crippen molar-refractivity contribution in [2.45, 2.75) is 0 Å². The number of imidazole rings is 1. The molecule has 0 aliphatic rings.